The van der Waals surface area contributed by atoms with E-state index in [0.717, 1.165) is 29.7 Å². The third kappa shape index (κ3) is 1.91. The summed E-state index contributed by atoms with van der Waals surface area (Å²) in [5, 5.41) is 0. The molecule has 0 spiro atoms. The van der Waals surface area contributed by atoms with E-state index < -0.39 is 0 Å². The summed E-state index contributed by atoms with van der Waals surface area (Å²) in [6.07, 6.45) is 6.11. The molecule has 1 aromatic rings. The minimum Gasteiger partial charge on any atom is -0.489 e. The summed E-state index contributed by atoms with van der Waals surface area (Å²) in [6.45, 7) is 0. The molecule has 0 saturated heterocycles. The van der Waals surface area contributed by atoms with Crippen LogP contribution < -0.4 is 0 Å². The van der Waals surface area contributed by atoms with Crippen LogP contribution in [0.1, 0.15) is 30.9 Å². The number of allylic oxidation sites excluding steroid dienone is 4. The summed E-state index contributed by atoms with van der Waals surface area (Å²) < 4.78 is 5.95. The number of Topliss-reactive ketones (excluding diaryl/α,β-unsaturated/α-hetero) is 1. The number of carbonyl (C=O) groups is 1. The van der Waals surface area contributed by atoms with Crippen LogP contribution in [-0.2, 0) is 9.53 Å². The summed E-state index contributed by atoms with van der Waals surface area (Å²) in [5.41, 5.74) is 1.87. The van der Waals surface area contributed by atoms with Crippen LogP contribution in [0.4, 0.5) is 0 Å². The number of hydrogen-bond donors (Lipinski definition) is 0. The monoisotopic (exact) mass is 226 g/mol. The van der Waals surface area contributed by atoms with Crippen molar-refractivity contribution in [3.05, 3.63) is 59.4 Å². The molecule has 0 bridgehead atoms. The van der Waals surface area contributed by atoms with E-state index in [2.05, 4.69) is 0 Å². The average Bonchev–Trinajstić information content (AvgIpc) is 2.40. The summed E-state index contributed by atoms with van der Waals surface area (Å²) in [6, 6.07) is 9.97. The molecule has 17 heavy (non-hydrogen) atoms. The van der Waals surface area contributed by atoms with E-state index in [1.807, 2.05) is 42.5 Å². The third-order valence-corrected chi connectivity index (χ3v) is 3.25. The number of hydrogen-bond acceptors (Lipinski definition) is 2. The second kappa shape index (κ2) is 4.21. The van der Waals surface area contributed by atoms with Crippen LogP contribution >= 0.6 is 0 Å². The average molecular weight is 226 g/mol. The van der Waals surface area contributed by atoms with E-state index in [0.29, 0.717) is 6.42 Å². The first-order valence-electron chi connectivity index (χ1n) is 5.99. The molecule has 1 atom stereocenters. The van der Waals surface area contributed by atoms with Crippen molar-refractivity contribution in [1.29, 1.82) is 0 Å². The lowest BCUT2D eigenvalue weighted by Gasteiger charge is -2.28. The van der Waals surface area contributed by atoms with Crippen molar-refractivity contribution in [2.45, 2.75) is 25.4 Å². The normalized spacial score (nSPS) is 23.3. The molecule has 0 aromatic heterocycles. The molecule has 0 amide bonds. The lowest BCUT2D eigenvalue weighted by atomic mass is 9.92. The van der Waals surface area contributed by atoms with Crippen molar-refractivity contribution >= 4 is 5.78 Å². The van der Waals surface area contributed by atoms with Gasteiger partial charge in [0.1, 0.15) is 11.9 Å². The molecule has 0 saturated carbocycles. The third-order valence-electron chi connectivity index (χ3n) is 3.25. The molecule has 2 aliphatic rings. The first-order valence-corrected chi connectivity index (χ1v) is 5.99. The van der Waals surface area contributed by atoms with E-state index in [1.54, 1.807) is 0 Å². The van der Waals surface area contributed by atoms with E-state index in [-0.39, 0.29) is 11.9 Å². The number of benzene rings is 1. The second-order valence-electron chi connectivity index (χ2n) is 4.42. The van der Waals surface area contributed by atoms with Crippen molar-refractivity contribution in [3.63, 3.8) is 0 Å². The molecule has 2 nitrogen and oxygen atoms in total. The fourth-order valence-corrected chi connectivity index (χ4v) is 2.36. The molecule has 0 fully saturated rings. The van der Waals surface area contributed by atoms with Gasteiger partial charge in [-0.05, 0) is 12.0 Å². The van der Waals surface area contributed by atoms with Gasteiger partial charge in [-0.1, -0.05) is 42.5 Å². The molecule has 0 N–H and O–H groups in total. The minimum atomic E-state index is -0.103. The highest BCUT2D eigenvalue weighted by Crippen LogP contribution is 2.35. The Hall–Kier alpha value is -1.83. The Morgan fingerprint density at radius 3 is 2.82 bits per heavy atom. The van der Waals surface area contributed by atoms with E-state index in [4.69, 9.17) is 4.74 Å². The predicted molar refractivity (Wildman–Crippen MR) is 65.3 cm³/mol. The molecule has 86 valence electrons. The fourth-order valence-electron chi connectivity index (χ4n) is 2.36. The highest BCUT2D eigenvalue weighted by atomic mass is 16.5. The van der Waals surface area contributed by atoms with Gasteiger partial charge in [0.25, 0.3) is 0 Å². The van der Waals surface area contributed by atoms with Crippen molar-refractivity contribution in [3.8, 4) is 0 Å². The van der Waals surface area contributed by atoms with Gasteiger partial charge in [-0.15, -0.1) is 0 Å². The van der Waals surface area contributed by atoms with Crippen LogP contribution in [0.3, 0.4) is 0 Å². The van der Waals surface area contributed by atoms with Gasteiger partial charge in [-0.25, -0.2) is 0 Å². The maximum atomic E-state index is 12.0. The first kappa shape index (κ1) is 10.3. The molecule has 3 rings (SSSR count). The number of rotatable bonds is 1. The molecule has 0 radical (unpaired) electrons. The van der Waals surface area contributed by atoms with Crippen LogP contribution in [0.2, 0.25) is 0 Å². The smallest absolute Gasteiger partial charge is 0.170 e. The quantitative estimate of drug-likeness (QED) is 0.734. The van der Waals surface area contributed by atoms with Gasteiger partial charge >= 0.3 is 0 Å². The topological polar surface area (TPSA) is 26.3 Å². The summed E-state index contributed by atoms with van der Waals surface area (Å²) in [4.78, 5) is 12.0. The maximum Gasteiger partial charge on any atom is 0.170 e. The SMILES string of the molecule is O=C1CC(c2ccccc2)OC2=C1C=CCC2. The highest BCUT2D eigenvalue weighted by molar-refractivity contribution is 5.99. The van der Waals surface area contributed by atoms with Gasteiger partial charge in [0.15, 0.2) is 5.78 Å². The molecule has 1 unspecified atom stereocenters. The van der Waals surface area contributed by atoms with Crippen LogP contribution in [-0.4, -0.2) is 5.78 Å². The minimum absolute atomic E-state index is 0.103. The zero-order valence-electron chi connectivity index (χ0n) is 9.56. The Bertz CT molecular complexity index is 497. The lowest BCUT2D eigenvalue weighted by molar-refractivity contribution is -0.119. The Kier molecular flexibility index (Phi) is 2.56. The van der Waals surface area contributed by atoms with Crippen molar-refractivity contribution in [2.24, 2.45) is 0 Å². The van der Waals surface area contributed by atoms with E-state index in [9.17, 15) is 4.79 Å². The standard InChI is InChI=1S/C15H14O2/c16-13-10-15(11-6-2-1-3-7-11)17-14-9-5-4-8-12(13)14/h1-4,6-8,15H,5,9-10H2. The van der Waals surface area contributed by atoms with Gasteiger partial charge in [0.2, 0.25) is 0 Å². The fraction of sp³-hybridized carbons (Fsp3) is 0.267. The molecule has 1 aliphatic heterocycles. The molecule has 1 aliphatic carbocycles. The van der Waals surface area contributed by atoms with Crippen molar-refractivity contribution < 1.29 is 9.53 Å². The van der Waals surface area contributed by atoms with Crippen molar-refractivity contribution in [1.82, 2.24) is 0 Å². The Morgan fingerprint density at radius 1 is 1.18 bits per heavy atom. The van der Waals surface area contributed by atoms with Crippen molar-refractivity contribution in [2.75, 3.05) is 0 Å². The molecule has 2 heteroatoms. The zero-order chi connectivity index (χ0) is 11.7. The largest absolute Gasteiger partial charge is 0.489 e. The lowest BCUT2D eigenvalue weighted by Crippen LogP contribution is -2.21. The molecular formula is C15H14O2. The summed E-state index contributed by atoms with van der Waals surface area (Å²) >= 11 is 0. The Morgan fingerprint density at radius 2 is 2.00 bits per heavy atom. The summed E-state index contributed by atoms with van der Waals surface area (Å²) in [7, 11) is 0. The molecular weight excluding hydrogens is 212 g/mol. The van der Waals surface area contributed by atoms with Gasteiger partial charge in [-0.3, -0.25) is 4.79 Å². The summed E-state index contributed by atoms with van der Waals surface area (Å²) in [5.74, 6) is 1.08. The van der Waals surface area contributed by atoms with Crippen LogP contribution in [0, 0.1) is 0 Å². The van der Waals surface area contributed by atoms with Crippen LogP contribution in [0.5, 0.6) is 0 Å². The predicted octanol–water partition coefficient (Wildman–Crippen LogP) is 3.32. The maximum absolute atomic E-state index is 12.0. The van der Waals surface area contributed by atoms with Crippen LogP contribution in [0.15, 0.2) is 53.8 Å². The van der Waals surface area contributed by atoms with E-state index >= 15 is 0 Å². The highest BCUT2D eigenvalue weighted by Gasteiger charge is 2.29. The number of carbonyl (C=O) groups excluding carboxylic acids is 1. The van der Waals surface area contributed by atoms with Gasteiger partial charge < -0.3 is 4.74 Å². The van der Waals surface area contributed by atoms with Crippen LogP contribution in [0.25, 0.3) is 0 Å². The number of ether oxygens (including phenoxy) is 1. The Balaban J connectivity index is 1.91. The van der Waals surface area contributed by atoms with E-state index in [1.165, 1.54) is 0 Å². The molecule has 1 heterocycles. The molecule has 1 aromatic carbocycles. The zero-order valence-corrected chi connectivity index (χ0v) is 9.56. The van der Waals surface area contributed by atoms with Gasteiger partial charge in [0.05, 0.1) is 12.0 Å². The van der Waals surface area contributed by atoms with Gasteiger partial charge in [0, 0.05) is 6.42 Å². The Labute approximate surface area is 101 Å². The number of ketones is 1. The second-order valence-corrected chi connectivity index (χ2v) is 4.42. The first-order chi connectivity index (χ1) is 8.34. The van der Waals surface area contributed by atoms with Gasteiger partial charge in [-0.2, -0.15) is 0 Å².